The second kappa shape index (κ2) is 16.4. The first-order valence-corrected chi connectivity index (χ1v) is 15.9. The molecule has 1 aromatic heterocycles. The number of alkyl halides is 3. The Hall–Kier alpha value is -3.46. The Labute approximate surface area is 250 Å². The normalized spacial score (nSPS) is 15.9. The Morgan fingerprint density at radius 2 is 1.63 bits per heavy atom. The lowest BCUT2D eigenvalue weighted by atomic mass is 9.91. The maximum Gasteiger partial charge on any atom is 0.451 e. The first-order valence-electron chi connectivity index (χ1n) is 14.3. The molecule has 2 aliphatic rings. The molecule has 0 bridgehead atoms. The van der Waals surface area contributed by atoms with Gasteiger partial charge in [0.05, 0.1) is 0 Å². The smallest absolute Gasteiger partial charge is 0.358 e. The topological polar surface area (TPSA) is 145 Å². The number of benzene rings is 1. The van der Waals surface area contributed by atoms with Crippen LogP contribution in [-0.2, 0) is 32.3 Å². The van der Waals surface area contributed by atoms with Crippen molar-refractivity contribution in [2.45, 2.75) is 57.5 Å². The van der Waals surface area contributed by atoms with Gasteiger partial charge in [0.1, 0.15) is 17.5 Å². The molecule has 0 radical (unpaired) electrons. The van der Waals surface area contributed by atoms with Gasteiger partial charge in [0, 0.05) is 45.2 Å². The molecule has 0 atom stereocenters. The zero-order valence-electron chi connectivity index (χ0n) is 23.9. The van der Waals surface area contributed by atoms with Crippen LogP contribution in [0.5, 0.6) is 0 Å². The maximum atomic E-state index is 13.3. The van der Waals surface area contributed by atoms with E-state index in [1.54, 1.807) is 6.07 Å². The lowest BCUT2D eigenvalue weighted by Crippen LogP contribution is -2.35. The number of nitrogens with one attached hydrogen (secondary N) is 2. The number of anilines is 2. The van der Waals surface area contributed by atoms with Crippen LogP contribution in [0, 0.1) is 5.92 Å². The van der Waals surface area contributed by atoms with Gasteiger partial charge in [0.15, 0.2) is 0 Å². The molecule has 0 spiro atoms. The third-order valence-corrected chi connectivity index (χ3v) is 7.78. The zero-order chi connectivity index (χ0) is 31.3. The summed E-state index contributed by atoms with van der Waals surface area (Å²) in [6.07, 6.45) is 1.86. The molecule has 2 fully saturated rings. The van der Waals surface area contributed by atoms with Crippen molar-refractivity contribution in [1.82, 2.24) is 20.6 Å². The summed E-state index contributed by atoms with van der Waals surface area (Å²) in [6.45, 7) is 3.22. The van der Waals surface area contributed by atoms with Gasteiger partial charge < -0.3 is 20.4 Å². The number of aromatic nitrogens is 2. The summed E-state index contributed by atoms with van der Waals surface area (Å²) in [5, 5.41) is 4.76. The minimum atomic E-state index is -4.61. The van der Waals surface area contributed by atoms with E-state index in [1.165, 1.54) is 5.56 Å². The summed E-state index contributed by atoms with van der Waals surface area (Å²) in [7, 11) is -4.24. The Morgan fingerprint density at radius 1 is 1.02 bits per heavy atom. The average Bonchev–Trinajstić information content (AvgIpc) is 3.52. The monoisotopic (exact) mass is 628 g/mol. The summed E-state index contributed by atoms with van der Waals surface area (Å²) < 4.78 is 70.0. The highest BCUT2D eigenvalue weighted by Gasteiger charge is 2.37. The molecule has 0 unspecified atom stereocenters. The van der Waals surface area contributed by atoms with Crippen LogP contribution in [0.1, 0.15) is 56.3 Å². The largest absolute Gasteiger partial charge is 0.451 e. The van der Waals surface area contributed by atoms with Gasteiger partial charge in [-0.15, -0.1) is 0 Å². The van der Waals surface area contributed by atoms with Gasteiger partial charge in [-0.05, 0) is 56.4 Å². The van der Waals surface area contributed by atoms with Gasteiger partial charge in [0.25, 0.3) is 10.1 Å². The van der Waals surface area contributed by atoms with Crippen molar-refractivity contribution >= 4 is 34.1 Å². The van der Waals surface area contributed by atoms with Crippen molar-refractivity contribution in [2.24, 2.45) is 5.92 Å². The van der Waals surface area contributed by atoms with E-state index in [0.717, 1.165) is 44.9 Å². The Morgan fingerprint density at radius 3 is 2.19 bits per heavy atom. The Bertz CT molecular complexity index is 1270. The first kappa shape index (κ1) is 34.0. The van der Waals surface area contributed by atoms with Crippen LogP contribution in [0.4, 0.5) is 24.8 Å². The molecule has 3 heterocycles. The van der Waals surface area contributed by atoms with E-state index in [-0.39, 0.29) is 12.2 Å². The highest BCUT2D eigenvalue weighted by molar-refractivity contribution is 7.85. The lowest BCUT2D eigenvalue weighted by molar-refractivity contribution is -0.144. The Kier molecular flexibility index (Phi) is 13.0. The highest BCUT2D eigenvalue weighted by Crippen LogP contribution is 2.33. The van der Waals surface area contributed by atoms with Gasteiger partial charge in [-0.2, -0.15) is 21.6 Å². The number of hydrogen-bond donors (Lipinski definition) is 3. The summed E-state index contributed by atoms with van der Waals surface area (Å²) >= 11 is 0. The van der Waals surface area contributed by atoms with Crippen LogP contribution in [-0.4, -0.2) is 73.9 Å². The summed E-state index contributed by atoms with van der Waals surface area (Å²) in [4.78, 5) is 32.8. The van der Waals surface area contributed by atoms with Crippen LogP contribution >= 0.6 is 0 Å². The Balaban J connectivity index is 0.000000386. The fraction of sp³-hybridized carbons (Fsp3) is 0.571. The molecule has 11 nitrogen and oxygen atoms in total. The van der Waals surface area contributed by atoms with Crippen molar-refractivity contribution < 1.29 is 35.7 Å². The maximum absolute atomic E-state index is 13.3. The zero-order valence-corrected chi connectivity index (χ0v) is 24.7. The highest BCUT2D eigenvalue weighted by atomic mass is 32.2. The van der Waals surface area contributed by atoms with E-state index in [1.807, 2.05) is 40.1 Å². The number of halogens is 3. The van der Waals surface area contributed by atoms with Crippen LogP contribution in [0.2, 0.25) is 0 Å². The van der Waals surface area contributed by atoms with Crippen molar-refractivity contribution in [3.63, 3.8) is 0 Å². The van der Waals surface area contributed by atoms with E-state index in [9.17, 15) is 31.2 Å². The minimum absolute atomic E-state index is 0.149. The molecular formula is C28H39F3N6O5S. The average molecular weight is 629 g/mol. The second-order valence-electron chi connectivity index (χ2n) is 10.6. The van der Waals surface area contributed by atoms with E-state index >= 15 is 0 Å². The number of piperidine rings is 1. The number of carbonyl (C=O) groups is 2. The lowest BCUT2D eigenvalue weighted by Gasteiger charge is -2.33. The standard InChI is InChI=1S/C19H28F3N5O4S.C9H11NO/c20-19(21,22)18-24-15(26-8-1-2-9-26)12-16(25-18)27-10-6-14(7-11-27)4-3-5-17(28)23-13-32(29,30)31;11-8-10-7-6-9-4-2-1-3-5-9/h12,14H,1-11,13H2,(H,23,28)(H,29,30,31);1-5,8H,6-7H2,(H,10,11). The SMILES string of the molecule is O=C(CCCC1CCN(c2cc(N3CCCC3)nc(C(F)(F)F)n2)CC1)NCS(=O)(=O)O.O=CNCCc1ccccc1. The molecule has 1 aromatic carbocycles. The van der Waals surface area contributed by atoms with Gasteiger partial charge in [0.2, 0.25) is 18.1 Å². The summed E-state index contributed by atoms with van der Waals surface area (Å²) in [5.74, 6) is -1.44. The second-order valence-corrected chi connectivity index (χ2v) is 12.0. The van der Waals surface area contributed by atoms with E-state index in [4.69, 9.17) is 4.55 Å². The number of rotatable bonds is 12. The van der Waals surface area contributed by atoms with Gasteiger partial charge in [-0.3, -0.25) is 14.1 Å². The molecule has 238 valence electrons. The molecule has 4 rings (SSSR count). The quantitative estimate of drug-likeness (QED) is 0.183. The van der Waals surface area contributed by atoms with Gasteiger partial charge >= 0.3 is 6.18 Å². The number of amides is 2. The molecule has 2 aromatic rings. The van der Waals surface area contributed by atoms with E-state index < -0.39 is 33.9 Å². The van der Waals surface area contributed by atoms with E-state index in [0.29, 0.717) is 50.9 Å². The molecule has 3 N–H and O–H groups in total. The number of hydrogen-bond acceptors (Lipinski definition) is 8. The molecule has 0 saturated carbocycles. The molecule has 2 saturated heterocycles. The minimum Gasteiger partial charge on any atom is -0.358 e. The third kappa shape index (κ3) is 12.4. The number of nitrogens with zero attached hydrogens (tertiary/aromatic N) is 4. The third-order valence-electron chi connectivity index (χ3n) is 7.27. The fourth-order valence-corrected chi connectivity index (χ4v) is 5.34. The van der Waals surface area contributed by atoms with Crippen LogP contribution in [0.3, 0.4) is 0 Å². The summed E-state index contributed by atoms with van der Waals surface area (Å²) in [6, 6.07) is 11.7. The molecule has 2 aliphatic heterocycles. The fourth-order valence-electron chi connectivity index (χ4n) is 5.00. The molecule has 0 aliphatic carbocycles. The van der Waals surface area contributed by atoms with Crippen molar-refractivity contribution in [3.05, 3.63) is 47.8 Å². The molecule has 15 heteroatoms. The first-order chi connectivity index (χ1) is 20.4. The predicted molar refractivity (Wildman–Crippen MR) is 156 cm³/mol. The van der Waals surface area contributed by atoms with Gasteiger partial charge in [-0.25, -0.2) is 9.97 Å². The van der Waals surface area contributed by atoms with Crippen LogP contribution in [0.25, 0.3) is 0 Å². The summed E-state index contributed by atoms with van der Waals surface area (Å²) in [5.41, 5.74) is 1.25. The number of carbonyl (C=O) groups excluding carboxylic acids is 2. The van der Waals surface area contributed by atoms with Crippen LogP contribution in [0.15, 0.2) is 36.4 Å². The van der Waals surface area contributed by atoms with Crippen molar-refractivity contribution in [1.29, 1.82) is 0 Å². The van der Waals surface area contributed by atoms with Crippen molar-refractivity contribution in [2.75, 3.05) is 48.4 Å². The van der Waals surface area contributed by atoms with Crippen molar-refractivity contribution in [3.8, 4) is 0 Å². The molecule has 43 heavy (non-hydrogen) atoms. The van der Waals surface area contributed by atoms with Crippen LogP contribution < -0.4 is 20.4 Å². The van der Waals surface area contributed by atoms with Gasteiger partial charge in [-0.1, -0.05) is 30.3 Å². The van der Waals surface area contributed by atoms with E-state index in [2.05, 4.69) is 20.6 Å². The molecular weight excluding hydrogens is 589 g/mol. The predicted octanol–water partition coefficient (Wildman–Crippen LogP) is 3.42. The molecule has 2 amide bonds.